The van der Waals surface area contributed by atoms with Crippen molar-refractivity contribution in [2.75, 3.05) is 0 Å². The Morgan fingerprint density at radius 1 is 1.03 bits per heavy atom. The van der Waals surface area contributed by atoms with Crippen LogP contribution in [0.25, 0.3) is 0 Å². The van der Waals surface area contributed by atoms with Gasteiger partial charge in [0, 0.05) is 35.6 Å². The van der Waals surface area contributed by atoms with Crippen molar-refractivity contribution in [1.82, 2.24) is 0 Å². The van der Waals surface area contributed by atoms with Gasteiger partial charge in [0.05, 0.1) is 0 Å². The number of benzene rings is 2. The fourth-order valence-electron chi connectivity index (χ4n) is 5.29. The number of hydrogen-bond donors (Lipinski definition) is 2. The first kappa shape index (κ1) is 25.6. The average molecular weight is 495 g/mol. The summed E-state index contributed by atoms with van der Waals surface area (Å²) in [6.07, 6.45) is 8.10. The maximum absolute atomic E-state index is 12.8. The van der Waals surface area contributed by atoms with Gasteiger partial charge in [-0.15, -0.1) is 0 Å². The average Bonchev–Trinajstić information content (AvgIpc) is 2.77. The van der Waals surface area contributed by atoms with Crippen LogP contribution in [0.15, 0.2) is 42.0 Å². The Bertz CT molecular complexity index is 1170. The molecule has 0 radical (unpaired) electrons. The number of unbranched alkanes of at least 4 members (excludes halogenated alkanes) is 2. The normalized spacial score (nSPS) is 19.8. The topological polar surface area (TPSA) is 102 Å². The van der Waals surface area contributed by atoms with E-state index in [0.717, 1.165) is 67.9 Å². The highest BCUT2D eigenvalue weighted by atomic mass is 16.6. The van der Waals surface area contributed by atoms with Crippen molar-refractivity contribution < 1.29 is 34.0 Å². The lowest BCUT2D eigenvalue weighted by atomic mass is 9.68. The Kier molecular flexibility index (Phi) is 7.29. The van der Waals surface area contributed by atoms with E-state index in [-0.39, 0.29) is 29.1 Å². The molecule has 2 aliphatic rings. The fourth-order valence-corrected chi connectivity index (χ4v) is 5.29. The summed E-state index contributed by atoms with van der Waals surface area (Å²) in [6.45, 7) is 8.44. The third kappa shape index (κ3) is 5.50. The summed E-state index contributed by atoms with van der Waals surface area (Å²) in [5.74, 6) is -2.05. The molecule has 0 unspecified atom stereocenters. The molecule has 0 fully saturated rings. The molecule has 36 heavy (non-hydrogen) atoms. The molecule has 2 atom stereocenters. The SMILES string of the molecule is CCCCCc1cc(OC(=O)C(=O)Oc2cc(O)cc(O)c2)c2c(c1)OC(C)(C)[C@@H]1CCC(C)=C[C@@H]21. The molecular formula is C29H34O7. The van der Waals surface area contributed by atoms with Crippen LogP contribution in [0.4, 0.5) is 0 Å². The molecule has 0 saturated carbocycles. The number of aryl methyl sites for hydroxylation is 1. The van der Waals surface area contributed by atoms with Gasteiger partial charge < -0.3 is 24.4 Å². The van der Waals surface area contributed by atoms with Crippen LogP contribution < -0.4 is 14.2 Å². The van der Waals surface area contributed by atoms with Crippen LogP contribution >= 0.6 is 0 Å². The number of allylic oxidation sites excluding steroid dienone is 2. The summed E-state index contributed by atoms with van der Waals surface area (Å²) < 4.78 is 17.2. The van der Waals surface area contributed by atoms with Crippen molar-refractivity contribution >= 4 is 11.9 Å². The van der Waals surface area contributed by atoms with Gasteiger partial charge >= 0.3 is 11.9 Å². The Hall–Kier alpha value is -3.48. The zero-order valence-corrected chi connectivity index (χ0v) is 21.3. The molecule has 0 saturated heterocycles. The number of fused-ring (bicyclic) bond motifs is 3. The van der Waals surface area contributed by atoms with E-state index in [1.54, 1.807) is 0 Å². The van der Waals surface area contributed by atoms with E-state index < -0.39 is 17.5 Å². The molecule has 0 bridgehead atoms. The Labute approximate surface area is 211 Å². The van der Waals surface area contributed by atoms with E-state index in [9.17, 15) is 19.8 Å². The molecule has 0 spiro atoms. The van der Waals surface area contributed by atoms with E-state index in [2.05, 4.69) is 33.8 Å². The van der Waals surface area contributed by atoms with Gasteiger partial charge in [-0.1, -0.05) is 31.4 Å². The first-order chi connectivity index (χ1) is 17.1. The number of rotatable bonds is 6. The lowest BCUT2D eigenvalue weighted by Crippen LogP contribution is -2.45. The molecule has 2 aromatic rings. The zero-order valence-electron chi connectivity index (χ0n) is 21.3. The Morgan fingerprint density at radius 3 is 2.42 bits per heavy atom. The summed E-state index contributed by atoms with van der Waals surface area (Å²) in [5, 5.41) is 19.2. The molecule has 1 aliphatic carbocycles. The fraction of sp³-hybridized carbons (Fsp3) is 0.448. The zero-order chi connectivity index (χ0) is 26.0. The second-order valence-corrected chi connectivity index (χ2v) is 10.3. The van der Waals surface area contributed by atoms with Crippen molar-refractivity contribution in [1.29, 1.82) is 0 Å². The molecular weight excluding hydrogens is 460 g/mol. The molecule has 0 amide bonds. The largest absolute Gasteiger partial charge is 0.508 e. The number of esters is 2. The van der Waals surface area contributed by atoms with Gasteiger partial charge in [-0.2, -0.15) is 0 Å². The van der Waals surface area contributed by atoms with Crippen molar-refractivity contribution in [3.8, 4) is 28.7 Å². The first-order valence-corrected chi connectivity index (χ1v) is 12.6. The highest BCUT2D eigenvalue weighted by molar-refractivity contribution is 6.31. The monoisotopic (exact) mass is 494 g/mol. The van der Waals surface area contributed by atoms with Gasteiger partial charge in [0.2, 0.25) is 0 Å². The highest BCUT2D eigenvalue weighted by Gasteiger charge is 2.45. The van der Waals surface area contributed by atoms with Gasteiger partial charge in [0.25, 0.3) is 0 Å². The summed E-state index contributed by atoms with van der Waals surface area (Å²) in [5.41, 5.74) is 2.62. The number of aromatic hydroxyl groups is 2. The van der Waals surface area contributed by atoms with E-state index in [1.807, 2.05) is 12.1 Å². The van der Waals surface area contributed by atoms with Crippen molar-refractivity contribution in [2.24, 2.45) is 5.92 Å². The molecule has 0 aromatic heterocycles. The van der Waals surface area contributed by atoms with Crippen molar-refractivity contribution in [2.45, 2.75) is 77.7 Å². The van der Waals surface area contributed by atoms with Crippen LogP contribution in [-0.4, -0.2) is 27.8 Å². The number of phenols is 2. The van der Waals surface area contributed by atoms with Gasteiger partial charge in [-0.3, -0.25) is 0 Å². The quantitative estimate of drug-likeness (QED) is 0.168. The Morgan fingerprint density at radius 2 is 1.72 bits per heavy atom. The lowest BCUT2D eigenvalue weighted by molar-refractivity contribution is -0.156. The highest BCUT2D eigenvalue weighted by Crippen LogP contribution is 2.53. The standard InChI is InChI=1S/C29H34O7/c1-5-6-7-8-18-12-24(35-28(33)27(32)34-21-15-19(30)14-20(31)16-21)26-22-11-17(2)9-10-23(22)29(3,4)36-25(26)13-18/h11-16,22-23,30-31H,5-10H2,1-4H3/t22-,23-/m1/s1. The molecule has 4 rings (SSSR count). The predicted molar refractivity (Wildman–Crippen MR) is 135 cm³/mol. The van der Waals surface area contributed by atoms with Gasteiger partial charge in [0.15, 0.2) is 0 Å². The van der Waals surface area contributed by atoms with Crippen LogP contribution in [-0.2, 0) is 16.0 Å². The summed E-state index contributed by atoms with van der Waals surface area (Å²) >= 11 is 0. The minimum Gasteiger partial charge on any atom is -0.508 e. The minimum atomic E-state index is -1.26. The van der Waals surface area contributed by atoms with Gasteiger partial charge in [0.1, 0.15) is 34.3 Å². The first-order valence-electron chi connectivity index (χ1n) is 12.6. The number of hydrogen-bond acceptors (Lipinski definition) is 7. The Balaban J connectivity index is 1.68. The second kappa shape index (κ2) is 10.2. The summed E-state index contributed by atoms with van der Waals surface area (Å²) in [4.78, 5) is 25.4. The maximum Gasteiger partial charge on any atom is 0.423 e. The maximum atomic E-state index is 12.8. The summed E-state index contributed by atoms with van der Waals surface area (Å²) in [6, 6.07) is 7.19. The third-order valence-electron chi connectivity index (χ3n) is 7.04. The van der Waals surface area contributed by atoms with Crippen LogP contribution in [0.2, 0.25) is 0 Å². The smallest absolute Gasteiger partial charge is 0.423 e. The van der Waals surface area contributed by atoms with Crippen LogP contribution in [0.1, 0.15) is 76.8 Å². The second-order valence-electron chi connectivity index (χ2n) is 10.3. The molecule has 1 aliphatic heterocycles. The van der Waals surface area contributed by atoms with Gasteiger partial charge in [-0.05, 0) is 64.2 Å². The van der Waals surface area contributed by atoms with Crippen molar-refractivity contribution in [3.63, 3.8) is 0 Å². The molecule has 192 valence electrons. The third-order valence-corrected chi connectivity index (χ3v) is 7.04. The lowest BCUT2D eigenvalue weighted by Gasteiger charge is -2.46. The van der Waals surface area contributed by atoms with E-state index >= 15 is 0 Å². The van der Waals surface area contributed by atoms with Crippen LogP contribution in [0.3, 0.4) is 0 Å². The predicted octanol–water partition coefficient (Wildman–Crippen LogP) is 5.95. The van der Waals surface area contributed by atoms with Crippen molar-refractivity contribution in [3.05, 3.63) is 53.1 Å². The van der Waals surface area contributed by atoms with E-state index in [1.165, 1.54) is 5.57 Å². The summed E-state index contributed by atoms with van der Waals surface area (Å²) in [7, 11) is 0. The van der Waals surface area contributed by atoms with E-state index in [0.29, 0.717) is 11.5 Å². The van der Waals surface area contributed by atoms with Crippen LogP contribution in [0.5, 0.6) is 28.7 Å². The van der Waals surface area contributed by atoms with E-state index in [4.69, 9.17) is 14.2 Å². The minimum absolute atomic E-state index is 0.0102. The van der Waals surface area contributed by atoms with Crippen LogP contribution in [0, 0.1) is 5.92 Å². The molecule has 7 nitrogen and oxygen atoms in total. The number of carbonyl (C=O) groups is 2. The molecule has 2 aromatic carbocycles. The number of carbonyl (C=O) groups excluding carboxylic acids is 2. The number of ether oxygens (including phenoxy) is 3. The molecule has 1 heterocycles. The molecule has 2 N–H and O–H groups in total. The number of phenolic OH excluding ortho intramolecular Hbond substituents is 2. The molecule has 7 heteroatoms. The van der Waals surface area contributed by atoms with Gasteiger partial charge in [-0.25, -0.2) is 9.59 Å².